The van der Waals surface area contributed by atoms with Crippen molar-refractivity contribution < 1.29 is 14.3 Å². The summed E-state index contributed by atoms with van der Waals surface area (Å²) in [5, 5.41) is 3.09. The Balaban J connectivity index is 1.40. The monoisotopic (exact) mass is 436 g/mol. The zero-order valence-electron chi connectivity index (χ0n) is 18.9. The van der Waals surface area contributed by atoms with Crippen LogP contribution in [0.1, 0.15) is 45.1 Å². The van der Waals surface area contributed by atoms with Crippen molar-refractivity contribution in [3.63, 3.8) is 0 Å². The van der Waals surface area contributed by atoms with E-state index in [1.807, 2.05) is 6.07 Å². The number of carbonyl (C=O) groups is 2. The van der Waals surface area contributed by atoms with Gasteiger partial charge in [-0.2, -0.15) is 0 Å². The number of ether oxygens (including phenoxy) is 1. The molecule has 2 amide bonds. The van der Waals surface area contributed by atoms with E-state index in [1.54, 1.807) is 30.2 Å². The molecule has 1 saturated heterocycles. The highest BCUT2D eigenvalue weighted by Crippen LogP contribution is 2.36. The average Bonchev–Trinajstić information content (AvgIpc) is 2.81. The Morgan fingerprint density at radius 2 is 1.94 bits per heavy atom. The van der Waals surface area contributed by atoms with Crippen LogP contribution in [0.25, 0.3) is 0 Å². The molecule has 2 aromatic rings. The van der Waals surface area contributed by atoms with Gasteiger partial charge < -0.3 is 10.1 Å². The van der Waals surface area contributed by atoms with E-state index in [4.69, 9.17) is 4.74 Å². The molecule has 7 nitrogen and oxygen atoms in total. The Kier molecular flexibility index (Phi) is 6.74. The number of nitrogens with zero attached hydrogens (tertiary/aromatic N) is 3. The molecule has 0 unspecified atom stereocenters. The Hall–Kier alpha value is -2.93. The lowest BCUT2D eigenvalue weighted by Gasteiger charge is -2.40. The van der Waals surface area contributed by atoms with Crippen molar-refractivity contribution in [3.8, 4) is 5.75 Å². The van der Waals surface area contributed by atoms with Gasteiger partial charge in [0.1, 0.15) is 0 Å². The quantitative estimate of drug-likeness (QED) is 0.675. The maximum atomic E-state index is 13.3. The number of nitrogens with one attached hydrogen (secondary N) is 1. The van der Waals surface area contributed by atoms with Crippen molar-refractivity contribution in [1.29, 1.82) is 0 Å². The van der Waals surface area contributed by atoms with Crippen LogP contribution in [0, 0.1) is 0 Å². The lowest BCUT2D eigenvalue weighted by atomic mass is 9.98. The predicted octanol–water partition coefficient (Wildman–Crippen LogP) is 3.15. The minimum atomic E-state index is -1.59. The Labute approximate surface area is 189 Å². The molecule has 1 aromatic heterocycles. The summed E-state index contributed by atoms with van der Waals surface area (Å²) >= 11 is 0. The van der Waals surface area contributed by atoms with Crippen LogP contribution >= 0.6 is 0 Å². The molecule has 0 radical (unpaired) electrons. The highest BCUT2D eigenvalue weighted by molar-refractivity contribution is 6.16. The molecule has 2 aliphatic heterocycles. The van der Waals surface area contributed by atoms with Gasteiger partial charge >= 0.3 is 0 Å². The minimum Gasteiger partial charge on any atom is -0.464 e. The van der Waals surface area contributed by atoms with Crippen LogP contribution in [0.5, 0.6) is 5.75 Å². The Bertz CT molecular complexity index is 943. The zero-order chi connectivity index (χ0) is 22.6. The third kappa shape index (κ3) is 4.63. The molecular formula is C25H32N4O3. The maximum Gasteiger partial charge on any atom is 0.282 e. The largest absolute Gasteiger partial charge is 0.464 e. The first-order chi connectivity index (χ1) is 15.5. The number of carbonyl (C=O) groups excluding carboxylic acids is 2. The van der Waals surface area contributed by atoms with Gasteiger partial charge in [0.2, 0.25) is 0 Å². The molecule has 0 spiro atoms. The van der Waals surface area contributed by atoms with E-state index in [2.05, 4.69) is 46.4 Å². The number of likely N-dealkylation sites (tertiary alicyclic amines) is 1. The van der Waals surface area contributed by atoms with Crippen molar-refractivity contribution in [2.45, 2.75) is 57.7 Å². The number of aromatic nitrogens is 1. The van der Waals surface area contributed by atoms with Crippen LogP contribution in [0.2, 0.25) is 0 Å². The van der Waals surface area contributed by atoms with Crippen LogP contribution in [0.4, 0.5) is 5.82 Å². The van der Waals surface area contributed by atoms with Gasteiger partial charge in [0, 0.05) is 38.4 Å². The first-order valence-corrected chi connectivity index (χ1v) is 11.5. The Morgan fingerprint density at radius 3 is 2.66 bits per heavy atom. The number of hydrogen-bond donors (Lipinski definition) is 1. The standard InChI is InChI=1S/C25H32N4O3/c1-3-4-15-29-22-21(11-8-14-26-22)32-25(2,24(29)31)23(30)27-20-12-16-28(17-13-20)18-19-9-6-5-7-10-19/h5-11,14,20H,3-4,12-13,15-18H2,1-2H3,(H,27,30)/t25-/m0/s1. The summed E-state index contributed by atoms with van der Waals surface area (Å²) in [6.45, 7) is 6.88. The summed E-state index contributed by atoms with van der Waals surface area (Å²) in [7, 11) is 0. The molecule has 170 valence electrons. The highest BCUT2D eigenvalue weighted by Gasteiger charge is 2.51. The fourth-order valence-electron chi connectivity index (χ4n) is 4.35. The predicted molar refractivity (Wildman–Crippen MR) is 123 cm³/mol. The molecule has 0 saturated carbocycles. The van der Waals surface area contributed by atoms with Gasteiger partial charge in [0.25, 0.3) is 17.4 Å². The fraction of sp³-hybridized carbons (Fsp3) is 0.480. The number of amides is 2. The summed E-state index contributed by atoms with van der Waals surface area (Å²) in [6.07, 6.45) is 5.11. The van der Waals surface area contributed by atoms with Gasteiger partial charge in [-0.1, -0.05) is 43.7 Å². The third-order valence-corrected chi connectivity index (χ3v) is 6.31. The van der Waals surface area contributed by atoms with Gasteiger partial charge in [-0.05, 0) is 43.9 Å². The molecule has 1 atom stereocenters. The smallest absolute Gasteiger partial charge is 0.282 e. The van der Waals surface area contributed by atoms with Crippen molar-refractivity contribution in [1.82, 2.24) is 15.2 Å². The molecule has 0 aliphatic carbocycles. The van der Waals surface area contributed by atoms with Crippen LogP contribution in [0.15, 0.2) is 48.7 Å². The average molecular weight is 437 g/mol. The number of fused-ring (bicyclic) bond motifs is 1. The second kappa shape index (κ2) is 9.69. The van der Waals surface area contributed by atoms with Crippen LogP contribution < -0.4 is 15.0 Å². The van der Waals surface area contributed by atoms with Gasteiger partial charge in [-0.3, -0.25) is 19.4 Å². The number of hydrogen-bond acceptors (Lipinski definition) is 5. The van der Waals surface area contributed by atoms with Gasteiger partial charge in [0.05, 0.1) is 0 Å². The summed E-state index contributed by atoms with van der Waals surface area (Å²) in [6, 6.07) is 14.0. The van der Waals surface area contributed by atoms with Crippen molar-refractivity contribution in [2.24, 2.45) is 0 Å². The summed E-state index contributed by atoms with van der Waals surface area (Å²) in [4.78, 5) is 35.0. The van der Waals surface area contributed by atoms with E-state index >= 15 is 0 Å². The topological polar surface area (TPSA) is 74.8 Å². The van der Waals surface area contributed by atoms with Crippen LogP contribution in [0.3, 0.4) is 0 Å². The van der Waals surface area contributed by atoms with E-state index in [-0.39, 0.29) is 17.9 Å². The molecule has 4 rings (SSSR count). The molecule has 3 heterocycles. The van der Waals surface area contributed by atoms with Crippen molar-refractivity contribution >= 4 is 17.6 Å². The fourth-order valence-corrected chi connectivity index (χ4v) is 4.35. The molecule has 1 fully saturated rings. The van der Waals surface area contributed by atoms with Gasteiger partial charge in [-0.15, -0.1) is 0 Å². The van der Waals surface area contributed by atoms with Crippen LogP contribution in [-0.4, -0.2) is 53.0 Å². The van der Waals surface area contributed by atoms with Crippen molar-refractivity contribution in [3.05, 3.63) is 54.2 Å². The number of piperidine rings is 1. The summed E-state index contributed by atoms with van der Waals surface area (Å²) in [5.41, 5.74) is -0.298. The van der Waals surface area contributed by atoms with Gasteiger partial charge in [-0.25, -0.2) is 4.98 Å². The lowest BCUT2D eigenvalue weighted by molar-refractivity contribution is -0.149. The van der Waals surface area contributed by atoms with E-state index in [1.165, 1.54) is 5.56 Å². The third-order valence-electron chi connectivity index (χ3n) is 6.31. The number of anilines is 1. The van der Waals surface area contributed by atoms with Crippen molar-refractivity contribution in [2.75, 3.05) is 24.5 Å². The molecular weight excluding hydrogens is 404 g/mol. The Morgan fingerprint density at radius 1 is 1.19 bits per heavy atom. The summed E-state index contributed by atoms with van der Waals surface area (Å²) < 4.78 is 5.97. The second-order valence-electron chi connectivity index (χ2n) is 8.78. The van der Waals surface area contributed by atoms with Gasteiger partial charge in [0.15, 0.2) is 11.6 Å². The minimum absolute atomic E-state index is 0.0298. The number of rotatable bonds is 7. The normalized spacial score (nSPS) is 21.7. The number of pyridine rings is 1. The zero-order valence-corrected chi connectivity index (χ0v) is 18.9. The lowest BCUT2D eigenvalue weighted by Crippen LogP contribution is -2.64. The van der Waals surface area contributed by atoms with E-state index < -0.39 is 5.60 Å². The number of benzene rings is 1. The molecule has 32 heavy (non-hydrogen) atoms. The summed E-state index contributed by atoms with van der Waals surface area (Å²) in [5.74, 6) is 0.236. The SMILES string of the molecule is CCCCN1C(=O)[C@](C)(C(=O)NC2CCN(Cc3ccccc3)CC2)Oc2cccnc21. The first-order valence-electron chi connectivity index (χ1n) is 11.5. The maximum absolute atomic E-state index is 13.3. The van der Waals surface area contributed by atoms with E-state index in [9.17, 15) is 9.59 Å². The molecule has 1 aromatic carbocycles. The molecule has 2 aliphatic rings. The number of unbranched alkanes of at least 4 members (excludes halogenated alkanes) is 1. The highest BCUT2D eigenvalue weighted by atomic mass is 16.5. The first kappa shape index (κ1) is 22.3. The van der Waals surface area contributed by atoms with Crippen LogP contribution in [-0.2, 0) is 16.1 Å². The molecule has 0 bridgehead atoms. The van der Waals surface area contributed by atoms with E-state index in [0.29, 0.717) is 18.1 Å². The molecule has 7 heteroatoms. The van der Waals surface area contributed by atoms with E-state index in [0.717, 1.165) is 45.3 Å². The second-order valence-corrected chi connectivity index (χ2v) is 8.78. The molecule has 1 N–H and O–H groups in total.